The van der Waals surface area contributed by atoms with E-state index in [0.29, 0.717) is 11.4 Å². The lowest BCUT2D eigenvalue weighted by molar-refractivity contribution is -0.384. The third-order valence-electron chi connectivity index (χ3n) is 3.63. The Morgan fingerprint density at radius 2 is 1.79 bits per heavy atom. The van der Waals surface area contributed by atoms with E-state index in [0.717, 1.165) is 19.3 Å². The molecule has 0 aliphatic heterocycles. The van der Waals surface area contributed by atoms with Crippen LogP contribution in [0.2, 0.25) is 0 Å². The summed E-state index contributed by atoms with van der Waals surface area (Å²) in [6.07, 6.45) is 6.72. The Labute approximate surface area is 142 Å². The zero-order chi connectivity index (χ0) is 17.4. The molecular formula is C15H21N5O3S. The summed E-state index contributed by atoms with van der Waals surface area (Å²) < 4.78 is 13.8. The molecule has 8 nitrogen and oxygen atoms in total. The number of hydrogen-bond donors (Lipinski definition) is 0. The fraction of sp³-hybridized carbons (Fsp3) is 0.533. The molecule has 0 radical (unpaired) electrons. The van der Waals surface area contributed by atoms with Crippen LogP contribution in [-0.4, -0.2) is 35.1 Å². The molecule has 0 saturated heterocycles. The van der Waals surface area contributed by atoms with Crippen molar-refractivity contribution in [1.82, 2.24) is 20.2 Å². The van der Waals surface area contributed by atoms with E-state index in [2.05, 4.69) is 22.4 Å². The molecule has 0 fully saturated rings. The van der Waals surface area contributed by atoms with Crippen LogP contribution in [0.5, 0.6) is 0 Å². The molecule has 1 aromatic heterocycles. The molecule has 2 aromatic rings. The summed E-state index contributed by atoms with van der Waals surface area (Å²) in [7, 11) is -1.29. The fourth-order valence-electron chi connectivity index (χ4n) is 2.30. The third-order valence-corrected chi connectivity index (χ3v) is 4.95. The molecule has 24 heavy (non-hydrogen) atoms. The average molecular weight is 351 g/mol. The van der Waals surface area contributed by atoms with Gasteiger partial charge in [-0.3, -0.25) is 14.3 Å². The van der Waals surface area contributed by atoms with Crippen LogP contribution in [0.1, 0.15) is 45.4 Å². The first-order valence-electron chi connectivity index (χ1n) is 8.05. The predicted octanol–water partition coefficient (Wildman–Crippen LogP) is 3.04. The van der Waals surface area contributed by atoms with Crippen molar-refractivity contribution in [3.8, 4) is 5.69 Å². The van der Waals surface area contributed by atoms with Gasteiger partial charge >= 0.3 is 0 Å². The van der Waals surface area contributed by atoms with Crippen LogP contribution in [0, 0.1) is 10.1 Å². The zero-order valence-electron chi connectivity index (χ0n) is 13.6. The molecule has 1 atom stereocenters. The topological polar surface area (TPSA) is 104 Å². The second kappa shape index (κ2) is 9.21. The number of rotatable bonds is 10. The van der Waals surface area contributed by atoms with Gasteiger partial charge in [-0.1, -0.05) is 44.1 Å². The van der Waals surface area contributed by atoms with E-state index >= 15 is 0 Å². The Morgan fingerprint density at radius 1 is 1.12 bits per heavy atom. The lowest BCUT2D eigenvalue weighted by Crippen LogP contribution is -2.08. The van der Waals surface area contributed by atoms with E-state index < -0.39 is 15.7 Å². The SMILES string of the molecule is CCCCCCCCS(=O)c1nnnn1-c1ccc([N+](=O)[O-])cc1. The Morgan fingerprint density at radius 3 is 2.46 bits per heavy atom. The molecule has 2 rings (SSSR count). The lowest BCUT2D eigenvalue weighted by Gasteiger charge is -2.04. The molecule has 0 aliphatic carbocycles. The number of benzene rings is 1. The zero-order valence-corrected chi connectivity index (χ0v) is 14.4. The van der Waals surface area contributed by atoms with Crippen LogP contribution in [0.25, 0.3) is 5.69 Å². The van der Waals surface area contributed by atoms with Gasteiger partial charge in [-0.05, 0) is 29.0 Å². The monoisotopic (exact) mass is 351 g/mol. The van der Waals surface area contributed by atoms with E-state index in [9.17, 15) is 14.3 Å². The molecule has 0 aliphatic rings. The van der Waals surface area contributed by atoms with Crippen molar-refractivity contribution in [2.24, 2.45) is 0 Å². The highest BCUT2D eigenvalue weighted by Crippen LogP contribution is 2.17. The molecule has 1 unspecified atom stereocenters. The molecule has 0 N–H and O–H groups in total. The average Bonchev–Trinajstić information content (AvgIpc) is 3.07. The Bertz CT molecular complexity index is 687. The number of unbranched alkanes of at least 4 members (excludes halogenated alkanes) is 5. The van der Waals surface area contributed by atoms with Gasteiger partial charge in [-0.2, -0.15) is 4.68 Å². The van der Waals surface area contributed by atoms with Gasteiger partial charge in [0.05, 0.1) is 21.4 Å². The van der Waals surface area contributed by atoms with Crippen molar-refractivity contribution in [2.75, 3.05) is 5.75 Å². The van der Waals surface area contributed by atoms with Gasteiger partial charge in [0.2, 0.25) is 5.16 Å². The van der Waals surface area contributed by atoms with Gasteiger partial charge in [-0.15, -0.1) is 0 Å². The van der Waals surface area contributed by atoms with Crippen LogP contribution in [0.4, 0.5) is 5.69 Å². The Balaban J connectivity index is 1.96. The normalized spacial score (nSPS) is 12.2. The van der Waals surface area contributed by atoms with E-state index in [4.69, 9.17) is 0 Å². The predicted molar refractivity (Wildman–Crippen MR) is 90.5 cm³/mol. The number of hydrogen-bond acceptors (Lipinski definition) is 6. The van der Waals surface area contributed by atoms with Gasteiger partial charge in [-0.25, -0.2) is 0 Å². The third kappa shape index (κ3) is 4.92. The summed E-state index contributed by atoms with van der Waals surface area (Å²) >= 11 is 0. The van der Waals surface area contributed by atoms with Crippen molar-refractivity contribution in [2.45, 2.75) is 50.6 Å². The molecular weight excluding hydrogens is 330 g/mol. The summed E-state index contributed by atoms with van der Waals surface area (Å²) in [4.78, 5) is 10.2. The number of aromatic nitrogens is 4. The fourth-order valence-corrected chi connectivity index (χ4v) is 3.41. The molecule has 0 saturated carbocycles. The molecule has 0 amide bonds. The van der Waals surface area contributed by atoms with Crippen molar-refractivity contribution in [1.29, 1.82) is 0 Å². The number of tetrazole rings is 1. The lowest BCUT2D eigenvalue weighted by atomic mass is 10.1. The number of nitrogens with zero attached hydrogens (tertiary/aromatic N) is 5. The largest absolute Gasteiger partial charge is 0.269 e. The number of nitro benzene ring substituents is 1. The second-order valence-electron chi connectivity index (χ2n) is 5.46. The van der Waals surface area contributed by atoms with Gasteiger partial charge < -0.3 is 0 Å². The van der Waals surface area contributed by atoms with E-state index in [-0.39, 0.29) is 10.8 Å². The minimum atomic E-state index is -1.29. The smallest absolute Gasteiger partial charge is 0.258 e. The van der Waals surface area contributed by atoms with Crippen LogP contribution in [0.15, 0.2) is 29.4 Å². The number of non-ortho nitro benzene ring substituents is 1. The highest BCUT2D eigenvalue weighted by molar-refractivity contribution is 7.84. The highest BCUT2D eigenvalue weighted by atomic mass is 32.2. The van der Waals surface area contributed by atoms with Gasteiger partial charge in [0.1, 0.15) is 0 Å². The van der Waals surface area contributed by atoms with Gasteiger partial charge in [0, 0.05) is 17.9 Å². The number of nitro groups is 1. The summed E-state index contributed by atoms with van der Waals surface area (Å²) in [6, 6.07) is 5.83. The van der Waals surface area contributed by atoms with Gasteiger partial charge in [0.15, 0.2) is 0 Å². The maximum absolute atomic E-state index is 12.4. The summed E-state index contributed by atoms with van der Waals surface area (Å²) in [5.74, 6) is 0.513. The van der Waals surface area contributed by atoms with Crippen LogP contribution in [-0.2, 0) is 10.8 Å². The first kappa shape index (κ1) is 18.2. The highest BCUT2D eigenvalue weighted by Gasteiger charge is 2.16. The van der Waals surface area contributed by atoms with E-state index in [1.807, 2.05) is 0 Å². The molecule has 1 heterocycles. The summed E-state index contributed by atoms with van der Waals surface area (Å²) in [6.45, 7) is 2.17. The molecule has 0 bridgehead atoms. The van der Waals surface area contributed by atoms with Crippen LogP contribution >= 0.6 is 0 Å². The minimum absolute atomic E-state index is 0.0124. The van der Waals surface area contributed by atoms with Crippen molar-refractivity contribution < 1.29 is 9.13 Å². The first-order valence-corrected chi connectivity index (χ1v) is 9.37. The molecule has 9 heteroatoms. The minimum Gasteiger partial charge on any atom is -0.258 e. The molecule has 130 valence electrons. The van der Waals surface area contributed by atoms with Gasteiger partial charge in [0.25, 0.3) is 5.69 Å². The van der Waals surface area contributed by atoms with Crippen molar-refractivity contribution in [3.63, 3.8) is 0 Å². The van der Waals surface area contributed by atoms with Crippen molar-refractivity contribution >= 4 is 16.5 Å². The summed E-state index contributed by atoms with van der Waals surface area (Å²) in [5.41, 5.74) is 0.540. The molecule has 0 spiro atoms. The van der Waals surface area contributed by atoms with E-state index in [1.165, 1.54) is 36.1 Å². The van der Waals surface area contributed by atoms with E-state index in [1.54, 1.807) is 12.1 Å². The maximum atomic E-state index is 12.4. The first-order chi connectivity index (χ1) is 11.6. The molecule has 1 aromatic carbocycles. The summed E-state index contributed by atoms with van der Waals surface area (Å²) in [5, 5.41) is 22.2. The quantitative estimate of drug-likeness (QED) is 0.370. The Kier molecular flexibility index (Phi) is 6.98. The van der Waals surface area contributed by atoms with Crippen LogP contribution in [0.3, 0.4) is 0 Å². The second-order valence-corrected chi connectivity index (χ2v) is 6.93. The Hall–Kier alpha value is -2.16. The van der Waals surface area contributed by atoms with Crippen LogP contribution < -0.4 is 0 Å². The maximum Gasteiger partial charge on any atom is 0.269 e. The van der Waals surface area contributed by atoms with Crippen molar-refractivity contribution in [3.05, 3.63) is 34.4 Å². The standard InChI is InChI=1S/C15H21N5O3S/c1-2-3-4-5-6-7-12-24(23)15-16-17-18-19(15)13-8-10-14(11-9-13)20(21)22/h8-11H,2-7,12H2,1H3.